The van der Waals surface area contributed by atoms with Gasteiger partial charge in [0.25, 0.3) is 5.88 Å². The van der Waals surface area contributed by atoms with Crippen LogP contribution in [0.25, 0.3) is 0 Å². The van der Waals surface area contributed by atoms with E-state index in [1.54, 1.807) is 4.90 Å². The lowest BCUT2D eigenvalue weighted by Crippen LogP contribution is -2.59. The zero-order valence-corrected chi connectivity index (χ0v) is 19.2. The van der Waals surface area contributed by atoms with Gasteiger partial charge in [-0.15, -0.1) is 0 Å². The van der Waals surface area contributed by atoms with Crippen LogP contribution in [0.15, 0.2) is 18.5 Å². The number of nitrogens with zero attached hydrogens (tertiary/aromatic N) is 3. The van der Waals surface area contributed by atoms with E-state index in [0.29, 0.717) is 26.3 Å². The molecule has 188 valence electrons. The molecule has 2 saturated heterocycles. The topological polar surface area (TPSA) is 95.0 Å². The summed E-state index contributed by atoms with van der Waals surface area (Å²) in [4.78, 5) is 22.0. The van der Waals surface area contributed by atoms with Gasteiger partial charge in [0.15, 0.2) is 23.2 Å². The van der Waals surface area contributed by atoms with E-state index >= 15 is 4.39 Å². The Morgan fingerprint density at radius 2 is 1.86 bits per heavy atom. The van der Waals surface area contributed by atoms with E-state index in [2.05, 4.69) is 15.3 Å². The van der Waals surface area contributed by atoms with Gasteiger partial charge in [-0.2, -0.15) is 9.37 Å². The fourth-order valence-electron chi connectivity index (χ4n) is 4.39. The van der Waals surface area contributed by atoms with Crippen molar-refractivity contribution in [2.45, 2.75) is 31.5 Å². The fraction of sp³-hybridized carbons (Fsp3) is 0.522. The predicted molar refractivity (Wildman–Crippen MR) is 116 cm³/mol. The number of halogens is 3. The Bertz CT molecular complexity index is 1120. The standard InChI is InChI=1S/C23H25F3N4O5/c1-23(5-6-23)35-22(31)30-7-12-9-33-10-13(8-30)18(12)34-21-17(26)20(27-11-28-21)29-15-4-3-14(24)19(32-2)16(15)25/h3-4,11-13,18H,5-10H2,1-2H3,(H,27,28,29). The van der Waals surface area contributed by atoms with Gasteiger partial charge in [0.05, 0.1) is 26.0 Å². The van der Waals surface area contributed by atoms with Crippen molar-refractivity contribution in [2.24, 2.45) is 11.8 Å². The largest absolute Gasteiger partial charge is 0.491 e. The molecule has 2 aromatic rings. The molecule has 12 heteroatoms. The Morgan fingerprint density at radius 3 is 2.51 bits per heavy atom. The zero-order chi connectivity index (χ0) is 24.7. The van der Waals surface area contributed by atoms with Crippen molar-refractivity contribution >= 4 is 17.6 Å². The average Bonchev–Trinajstić information content (AvgIpc) is 3.54. The van der Waals surface area contributed by atoms with Crippen molar-refractivity contribution in [3.05, 3.63) is 35.9 Å². The SMILES string of the molecule is COc1c(F)ccc(Nc2ncnc(OC3C4COCC3CN(C(=O)OC3(C)CC3)C4)c2F)c1F. The Labute approximate surface area is 199 Å². The van der Waals surface area contributed by atoms with Crippen LogP contribution in [-0.2, 0) is 9.47 Å². The first-order valence-electron chi connectivity index (χ1n) is 11.3. The summed E-state index contributed by atoms with van der Waals surface area (Å²) in [5.41, 5.74) is -0.606. The number of anilines is 2. The molecule has 9 nitrogen and oxygen atoms in total. The van der Waals surface area contributed by atoms with Gasteiger partial charge in [0.2, 0.25) is 5.82 Å². The van der Waals surface area contributed by atoms with E-state index in [1.807, 2.05) is 6.92 Å². The maximum absolute atomic E-state index is 15.2. The number of fused-ring (bicyclic) bond motifs is 2. The maximum atomic E-state index is 15.2. The Balaban J connectivity index is 1.31. The fourth-order valence-corrected chi connectivity index (χ4v) is 4.39. The number of likely N-dealkylation sites (tertiary alicyclic amines) is 1. The number of hydrogen-bond acceptors (Lipinski definition) is 8. The molecular weight excluding hydrogens is 469 g/mol. The number of hydrogen-bond donors (Lipinski definition) is 1. The van der Waals surface area contributed by atoms with Gasteiger partial charge in [-0.05, 0) is 31.9 Å². The lowest BCUT2D eigenvalue weighted by molar-refractivity contribution is -0.112. The minimum absolute atomic E-state index is 0.216. The second-order valence-electron chi connectivity index (χ2n) is 9.27. The number of rotatable bonds is 6. The van der Waals surface area contributed by atoms with Crippen LogP contribution in [0.3, 0.4) is 0 Å². The molecule has 2 bridgehead atoms. The summed E-state index contributed by atoms with van der Waals surface area (Å²) < 4.78 is 65.3. The highest BCUT2D eigenvalue weighted by Gasteiger charge is 2.47. The number of benzene rings is 1. The molecule has 2 atom stereocenters. The number of piperidine rings is 1. The molecule has 1 aromatic carbocycles. The first-order chi connectivity index (χ1) is 16.8. The van der Waals surface area contributed by atoms with Crippen molar-refractivity contribution in [3.63, 3.8) is 0 Å². The van der Waals surface area contributed by atoms with Gasteiger partial charge in [-0.1, -0.05) is 0 Å². The molecule has 35 heavy (non-hydrogen) atoms. The van der Waals surface area contributed by atoms with Crippen LogP contribution in [0.2, 0.25) is 0 Å². The van der Waals surface area contributed by atoms with Gasteiger partial charge >= 0.3 is 6.09 Å². The summed E-state index contributed by atoms with van der Waals surface area (Å²) >= 11 is 0. The molecule has 3 heterocycles. The van der Waals surface area contributed by atoms with Gasteiger partial charge in [0, 0.05) is 24.9 Å². The number of aromatic nitrogens is 2. The molecule has 3 aliphatic rings. The molecule has 2 unspecified atom stereocenters. The molecule has 1 aromatic heterocycles. The number of amides is 1. The maximum Gasteiger partial charge on any atom is 0.410 e. The molecule has 1 N–H and O–H groups in total. The van der Waals surface area contributed by atoms with Crippen molar-refractivity contribution < 1.29 is 36.9 Å². The van der Waals surface area contributed by atoms with Crippen LogP contribution in [0.5, 0.6) is 11.6 Å². The van der Waals surface area contributed by atoms with Crippen LogP contribution in [0, 0.1) is 29.3 Å². The highest BCUT2D eigenvalue weighted by atomic mass is 19.1. The second-order valence-corrected chi connectivity index (χ2v) is 9.27. The molecule has 3 fully saturated rings. The summed E-state index contributed by atoms with van der Waals surface area (Å²) in [5.74, 6) is -4.55. The van der Waals surface area contributed by atoms with E-state index in [9.17, 15) is 13.6 Å². The minimum Gasteiger partial charge on any atom is -0.491 e. The number of ether oxygens (including phenoxy) is 4. The van der Waals surface area contributed by atoms with Crippen LogP contribution in [0.1, 0.15) is 19.8 Å². The third-order valence-electron chi connectivity index (χ3n) is 6.56. The Hall–Kier alpha value is -3.28. The quantitative estimate of drug-likeness (QED) is 0.650. The third-order valence-corrected chi connectivity index (χ3v) is 6.56. The normalized spacial score (nSPS) is 24.5. The first kappa shape index (κ1) is 23.5. The number of methoxy groups -OCH3 is 1. The van der Waals surface area contributed by atoms with Crippen LogP contribution in [0.4, 0.5) is 29.5 Å². The molecule has 1 aliphatic carbocycles. The molecule has 2 aliphatic heterocycles. The van der Waals surface area contributed by atoms with Crippen LogP contribution in [-0.4, -0.2) is 66.1 Å². The average molecular weight is 494 g/mol. The van der Waals surface area contributed by atoms with E-state index in [1.165, 1.54) is 0 Å². The summed E-state index contributed by atoms with van der Waals surface area (Å²) in [5, 5.41) is 2.50. The van der Waals surface area contributed by atoms with Gasteiger partial charge in [-0.25, -0.2) is 18.6 Å². The summed E-state index contributed by atoms with van der Waals surface area (Å²) in [6, 6.07) is 2.10. The summed E-state index contributed by atoms with van der Waals surface area (Å²) in [6.45, 7) is 3.26. The van der Waals surface area contributed by atoms with Gasteiger partial charge < -0.3 is 29.2 Å². The molecule has 5 rings (SSSR count). The monoisotopic (exact) mass is 494 g/mol. The zero-order valence-electron chi connectivity index (χ0n) is 19.2. The van der Waals surface area contributed by atoms with Crippen molar-refractivity contribution in [1.82, 2.24) is 14.9 Å². The molecule has 0 spiro atoms. The van der Waals surface area contributed by atoms with Crippen molar-refractivity contribution in [1.29, 1.82) is 0 Å². The molecular formula is C23H25F3N4O5. The Morgan fingerprint density at radius 1 is 1.14 bits per heavy atom. The number of carbonyl (C=O) groups is 1. The molecule has 1 saturated carbocycles. The lowest BCUT2D eigenvalue weighted by Gasteiger charge is -2.46. The summed E-state index contributed by atoms with van der Waals surface area (Å²) in [7, 11) is 1.13. The molecule has 0 radical (unpaired) electrons. The second kappa shape index (κ2) is 9.06. The highest BCUT2D eigenvalue weighted by Crippen LogP contribution is 2.40. The number of nitrogens with one attached hydrogen (secondary N) is 1. The van der Waals surface area contributed by atoms with E-state index in [-0.39, 0.29) is 40.9 Å². The van der Waals surface area contributed by atoms with Gasteiger partial charge in [0.1, 0.15) is 18.0 Å². The number of carbonyl (C=O) groups excluding carboxylic acids is 1. The van der Waals surface area contributed by atoms with Crippen LogP contribution < -0.4 is 14.8 Å². The highest BCUT2D eigenvalue weighted by molar-refractivity contribution is 5.68. The van der Waals surface area contributed by atoms with E-state index < -0.39 is 29.3 Å². The third kappa shape index (κ3) is 4.66. The van der Waals surface area contributed by atoms with Crippen LogP contribution >= 0.6 is 0 Å². The van der Waals surface area contributed by atoms with Crippen molar-refractivity contribution in [3.8, 4) is 11.6 Å². The van der Waals surface area contributed by atoms with Gasteiger partial charge in [-0.3, -0.25) is 0 Å². The minimum atomic E-state index is -1.03. The lowest BCUT2D eigenvalue weighted by atomic mass is 9.84. The molecule has 1 amide bonds. The van der Waals surface area contributed by atoms with E-state index in [4.69, 9.17) is 18.9 Å². The first-order valence-corrected chi connectivity index (χ1v) is 11.3. The summed E-state index contributed by atoms with van der Waals surface area (Å²) in [6.07, 6.45) is 1.97. The smallest absolute Gasteiger partial charge is 0.410 e. The Kier molecular flexibility index (Phi) is 6.07. The predicted octanol–water partition coefficient (Wildman–Crippen LogP) is 3.66. The van der Waals surface area contributed by atoms with E-state index in [0.717, 1.165) is 38.4 Å². The van der Waals surface area contributed by atoms with Crippen molar-refractivity contribution in [2.75, 3.05) is 38.7 Å².